The minimum Gasteiger partial charge on any atom is -0.314 e. The van der Waals surface area contributed by atoms with Crippen molar-refractivity contribution in [2.24, 2.45) is 5.92 Å². The van der Waals surface area contributed by atoms with Gasteiger partial charge in [0, 0.05) is 30.9 Å². The molecule has 1 amide bonds. The van der Waals surface area contributed by atoms with Gasteiger partial charge in [-0.15, -0.1) is 12.4 Å². The van der Waals surface area contributed by atoms with Crippen LogP contribution < -0.4 is 10.2 Å². The molecule has 0 radical (unpaired) electrons. The van der Waals surface area contributed by atoms with E-state index in [1.54, 1.807) is 0 Å². The standard InChI is InChI=1S/C18H25N3O.ClH/c1-13-10-14-4-2-3-5-17(14)21(13)18(22)12-20-9-7-16-15(11-20)6-8-19-16;/h2-5,13,15-16,19H,6-12H2,1H3;1H. The molecule has 0 aliphatic carbocycles. The van der Waals surface area contributed by atoms with Gasteiger partial charge in [0.05, 0.1) is 6.54 Å². The number of nitrogens with zero attached hydrogens (tertiary/aromatic N) is 2. The SMILES string of the molecule is CC1Cc2ccccc2N1C(=O)CN1CCC2NCCC2C1.Cl. The highest BCUT2D eigenvalue weighted by molar-refractivity contribution is 5.97. The first-order chi connectivity index (χ1) is 10.7. The van der Waals surface area contributed by atoms with E-state index in [4.69, 9.17) is 0 Å². The second-order valence-electron chi connectivity index (χ2n) is 7.08. The number of piperidine rings is 1. The molecule has 0 spiro atoms. The van der Waals surface area contributed by atoms with Gasteiger partial charge in [-0.05, 0) is 50.3 Å². The van der Waals surface area contributed by atoms with Crippen molar-refractivity contribution in [2.75, 3.05) is 31.1 Å². The Morgan fingerprint density at radius 2 is 2.13 bits per heavy atom. The molecule has 4 nitrogen and oxygen atoms in total. The summed E-state index contributed by atoms with van der Waals surface area (Å²) < 4.78 is 0. The molecule has 1 N–H and O–H groups in total. The van der Waals surface area contributed by atoms with Crippen LogP contribution in [0.15, 0.2) is 24.3 Å². The average molecular weight is 336 g/mol. The molecule has 4 rings (SSSR count). The van der Waals surface area contributed by atoms with Gasteiger partial charge in [0.1, 0.15) is 0 Å². The van der Waals surface area contributed by atoms with Crippen molar-refractivity contribution in [3.8, 4) is 0 Å². The van der Waals surface area contributed by atoms with Crippen molar-refractivity contribution < 1.29 is 4.79 Å². The monoisotopic (exact) mass is 335 g/mol. The molecular weight excluding hydrogens is 310 g/mol. The summed E-state index contributed by atoms with van der Waals surface area (Å²) in [6.45, 7) is 6.00. The van der Waals surface area contributed by atoms with Gasteiger partial charge in [-0.2, -0.15) is 0 Å². The van der Waals surface area contributed by atoms with Crippen LogP contribution in [0.4, 0.5) is 5.69 Å². The molecule has 3 heterocycles. The van der Waals surface area contributed by atoms with Crippen molar-refractivity contribution in [1.82, 2.24) is 10.2 Å². The number of carbonyl (C=O) groups is 1. The summed E-state index contributed by atoms with van der Waals surface area (Å²) in [6.07, 6.45) is 3.43. The van der Waals surface area contributed by atoms with E-state index in [9.17, 15) is 4.79 Å². The fourth-order valence-corrected chi connectivity index (χ4v) is 4.48. The van der Waals surface area contributed by atoms with Crippen molar-refractivity contribution in [2.45, 2.75) is 38.3 Å². The summed E-state index contributed by atoms with van der Waals surface area (Å²) in [7, 11) is 0. The van der Waals surface area contributed by atoms with Crippen molar-refractivity contribution >= 4 is 24.0 Å². The molecule has 3 unspecified atom stereocenters. The van der Waals surface area contributed by atoms with E-state index in [1.807, 2.05) is 11.0 Å². The third kappa shape index (κ3) is 3.12. The Kier molecular flexibility index (Phi) is 4.95. The minimum absolute atomic E-state index is 0. The Hall–Kier alpha value is -1.10. The number of nitrogens with one attached hydrogen (secondary N) is 1. The Morgan fingerprint density at radius 3 is 3.00 bits per heavy atom. The van der Waals surface area contributed by atoms with E-state index in [0.717, 1.165) is 37.7 Å². The third-order valence-corrected chi connectivity index (χ3v) is 5.57. The number of rotatable bonds is 2. The molecular formula is C18H26ClN3O. The normalized spacial score (nSPS) is 29.8. The van der Waals surface area contributed by atoms with Crippen LogP contribution in [-0.4, -0.2) is 49.1 Å². The van der Waals surface area contributed by atoms with Crippen molar-refractivity contribution in [3.63, 3.8) is 0 Å². The lowest BCUT2D eigenvalue weighted by molar-refractivity contribution is -0.120. The van der Waals surface area contributed by atoms with E-state index in [-0.39, 0.29) is 24.4 Å². The smallest absolute Gasteiger partial charge is 0.241 e. The van der Waals surface area contributed by atoms with Crippen molar-refractivity contribution in [1.29, 1.82) is 0 Å². The Bertz CT molecular complexity index is 579. The number of likely N-dealkylation sites (tertiary alicyclic amines) is 1. The number of benzene rings is 1. The maximum Gasteiger partial charge on any atom is 0.241 e. The number of anilines is 1. The lowest BCUT2D eigenvalue weighted by Gasteiger charge is -2.35. The zero-order valence-corrected chi connectivity index (χ0v) is 14.5. The zero-order valence-electron chi connectivity index (χ0n) is 13.7. The van der Waals surface area contributed by atoms with Gasteiger partial charge in [0.25, 0.3) is 0 Å². The second-order valence-corrected chi connectivity index (χ2v) is 7.08. The van der Waals surface area contributed by atoms with Gasteiger partial charge < -0.3 is 10.2 Å². The first kappa shape index (κ1) is 16.7. The lowest BCUT2D eigenvalue weighted by atomic mass is 9.93. The largest absolute Gasteiger partial charge is 0.314 e. The molecule has 23 heavy (non-hydrogen) atoms. The lowest BCUT2D eigenvalue weighted by Crippen LogP contribution is -2.49. The van der Waals surface area contributed by atoms with Crippen LogP contribution >= 0.6 is 12.4 Å². The summed E-state index contributed by atoms with van der Waals surface area (Å²) in [6, 6.07) is 9.32. The Labute approximate surface area is 144 Å². The quantitative estimate of drug-likeness (QED) is 0.898. The molecule has 2 fully saturated rings. The van der Waals surface area contributed by atoms with Crippen molar-refractivity contribution in [3.05, 3.63) is 29.8 Å². The van der Waals surface area contributed by atoms with Gasteiger partial charge in [0.2, 0.25) is 5.91 Å². The summed E-state index contributed by atoms with van der Waals surface area (Å²) in [5, 5.41) is 3.59. The predicted molar refractivity (Wildman–Crippen MR) is 95.3 cm³/mol. The van der Waals surface area contributed by atoms with Gasteiger partial charge in [-0.3, -0.25) is 9.69 Å². The highest BCUT2D eigenvalue weighted by atomic mass is 35.5. The van der Waals surface area contributed by atoms with E-state index >= 15 is 0 Å². The molecule has 1 aromatic rings. The van der Waals surface area contributed by atoms with Gasteiger partial charge in [0.15, 0.2) is 0 Å². The number of para-hydroxylation sites is 1. The minimum atomic E-state index is 0. The van der Waals surface area contributed by atoms with Crippen LogP contribution in [0.25, 0.3) is 0 Å². The third-order valence-electron chi connectivity index (χ3n) is 5.57. The molecule has 2 saturated heterocycles. The summed E-state index contributed by atoms with van der Waals surface area (Å²) >= 11 is 0. The van der Waals surface area contributed by atoms with E-state index in [0.29, 0.717) is 12.6 Å². The summed E-state index contributed by atoms with van der Waals surface area (Å²) in [5.74, 6) is 1.01. The summed E-state index contributed by atoms with van der Waals surface area (Å²) in [4.78, 5) is 17.2. The van der Waals surface area contributed by atoms with Gasteiger partial charge in [-0.25, -0.2) is 0 Å². The maximum absolute atomic E-state index is 12.8. The fraction of sp³-hybridized carbons (Fsp3) is 0.611. The maximum atomic E-state index is 12.8. The molecule has 3 aliphatic heterocycles. The van der Waals surface area contributed by atoms with Gasteiger partial charge >= 0.3 is 0 Å². The summed E-state index contributed by atoms with van der Waals surface area (Å²) in [5.41, 5.74) is 2.43. The molecule has 126 valence electrons. The van der Waals surface area contributed by atoms with Crippen LogP contribution in [0, 0.1) is 5.92 Å². The second kappa shape index (κ2) is 6.80. The first-order valence-electron chi connectivity index (χ1n) is 8.58. The Morgan fingerprint density at radius 1 is 1.30 bits per heavy atom. The van der Waals surface area contributed by atoms with E-state index < -0.39 is 0 Å². The number of hydrogen-bond acceptors (Lipinski definition) is 3. The Balaban J connectivity index is 0.00000156. The number of carbonyl (C=O) groups excluding carboxylic acids is 1. The van der Waals surface area contributed by atoms with Crippen LogP contribution in [0.2, 0.25) is 0 Å². The average Bonchev–Trinajstić information content (AvgIpc) is 3.09. The number of fused-ring (bicyclic) bond motifs is 2. The molecule has 0 aromatic heterocycles. The zero-order chi connectivity index (χ0) is 15.1. The number of amides is 1. The fourth-order valence-electron chi connectivity index (χ4n) is 4.48. The molecule has 5 heteroatoms. The van der Waals surface area contributed by atoms with Crippen LogP contribution in [0.3, 0.4) is 0 Å². The molecule has 3 atom stereocenters. The molecule has 3 aliphatic rings. The highest BCUT2D eigenvalue weighted by Crippen LogP contribution is 2.32. The highest BCUT2D eigenvalue weighted by Gasteiger charge is 2.35. The molecule has 1 aromatic carbocycles. The first-order valence-corrected chi connectivity index (χ1v) is 8.58. The van der Waals surface area contributed by atoms with Crippen LogP contribution in [-0.2, 0) is 11.2 Å². The number of halogens is 1. The van der Waals surface area contributed by atoms with Gasteiger partial charge in [-0.1, -0.05) is 18.2 Å². The number of hydrogen-bond donors (Lipinski definition) is 1. The van der Waals surface area contributed by atoms with E-state index in [2.05, 4.69) is 35.3 Å². The molecule has 0 saturated carbocycles. The molecule has 0 bridgehead atoms. The predicted octanol–water partition coefficient (Wildman–Crippen LogP) is 2.07. The van der Waals surface area contributed by atoms with E-state index in [1.165, 1.54) is 18.4 Å². The van der Waals surface area contributed by atoms with Crippen LogP contribution in [0.5, 0.6) is 0 Å². The topological polar surface area (TPSA) is 35.6 Å². The van der Waals surface area contributed by atoms with Crippen LogP contribution in [0.1, 0.15) is 25.3 Å².